The first-order chi connectivity index (χ1) is 10.6. The van der Waals surface area contributed by atoms with E-state index in [2.05, 4.69) is 10.6 Å². The quantitative estimate of drug-likeness (QED) is 0.766. The van der Waals surface area contributed by atoms with Gasteiger partial charge in [0.25, 0.3) is 5.91 Å². The maximum atomic E-state index is 12.3. The van der Waals surface area contributed by atoms with Gasteiger partial charge in [-0.1, -0.05) is 29.8 Å². The minimum Gasteiger partial charge on any atom is -0.385 e. The second-order valence-electron chi connectivity index (χ2n) is 4.94. The third kappa shape index (κ3) is 4.19. The Kier molecular flexibility index (Phi) is 6.18. The number of hydrogen-bond donors (Lipinski definition) is 2. The van der Waals surface area contributed by atoms with Crippen LogP contribution in [0.2, 0.25) is 5.02 Å². The first kappa shape index (κ1) is 16.7. The molecule has 0 aromatic heterocycles. The van der Waals surface area contributed by atoms with Gasteiger partial charge < -0.3 is 20.1 Å². The smallest absolute Gasteiger partial charge is 0.251 e. The molecule has 1 fully saturated rings. The van der Waals surface area contributed by atoms with Crippen LogP contribution in [0.25, 0.3) is 0 Å². The van der Waals surface area contributed by atoms with E-state index in [0.29, 0.717) is 30.2 Å². The molecule has 7 heteroatoms. The fourth-order valence-corrected chi connectivity index (χ4v) is 2.53. The van der Waals surface area contributed by atoms with E-state index in [0.717, 1.165) is 0 Å². The van der Waals surface area contributed by atoms with Crippen molar-refractivity contribution in [3.05, 3.63) is 34.9 Å². The number of morpholine rings is 1. The molecule has 1 saturated heterocycles. The molecular formula is C15H19ClN2O4. The van der Waals surface area contributed by atoms with E-state index in [-0.39, 0.29) is 18.4 Å². The SMILES string of the molecule is COCCCNC(=O)[C@H]1OCC(=O)N[C@@H]1c1ccccc1Cl. The Morgan fingerprint density at radius 1 is 1.50 bits per heavy atom. The Hall–Kier alpha value is -1.63. The first-order valence-electron chi connectivity index (χ1n) is 7.05. The molecule has 1 aromatic carbocycles. The van der Waals surface area contributed by atoms with Gasteiger partial charge in [0, 0.05) is 25.3 Å². The van der Waals surface area contributed by atoms with E-state index in [1.165, 1.54) is 0 Å². The zero-order valence-electron chi connectivity index (χ0n) is 12.3. The van der Waals surface area contributed by atoms with E-state index in [1.54, 1.807) is 31.4 Å². The lowest BCUT2D eigenvalue weighted by Gasteiger charge is -2.32. The number of ether oxygens (including phenoxy) is 2. The molecule has 1 aliphatic rings. The van der Waals surface area contributed by atoms with Gasteiger partial charge in [0.1, 0.15) is 6.61 Å². The molecule has 0 spiro atoms. The van der Waals surface area contributed by atoms with Gasteiger partial charge in [-0.15, -0.1) is 0 Å². The van der Waals surface area contributed by atoms with Crippen molar-refractivity contribution < 1.29 is 19.1 Å². The summed E-state index contributed by atoms with van der Waals surface area (Å²) in [5.41, 5.74) is 0.661. The Morgan fingerprint density at radius 3 is 3.00 bits per heavy atom. The summed E-state index contributed by atoms with van der Waals surface area (Å²) in [7, 11) is 1.61. The van der Waals surface area contributed by atoms with Crippen molar-refractivity contribution in [2.24, 2.45) is 0 Å². The molecule has 0 saturated carbocycles. The van der Waals surface area contributed by atoms with Gasteiger partial charge in [0.05, 0.1) is 6.04 Å². The van der Waals surface area contributed by atoms with Crippen molar-refractivity contribution in [1.82, 2.24) is 10.6 Å². The highest BCUT2D eigenvalue weighted by atomic mass is 35.5. The van der Waals surface area contributed by atoms with Crippen molar-refractivity contribution in [1.29, 1.82) is 0 Å². The van der Waals surface area contributed by atoms with E-state index in [4.69, 9.17) is 21.1 Å². The molecule has 2 N–H and O–H groups in total. The molecule has 22 heavy (non-hydrogen) atoms. The normalized spacial score (nSPS) is 21.3. The summed E-state index contributed by atoms with van der Waals surface area (Å²) in [5.74, 6) is -0.547. The second-order valence-corrected chi connectivity index (χ2v) is 5.34. The van der Waals surface area contributed by atoms with Crippen molar-refractivity contribution >= 4 is 23.4 Å². The lowest BCUT2D eigenvalue weighted by atomic mass is 9.99. The molecule has 2 amide bonds. The molecule has 1 heterocycles. The Bertz CT molecular complexity index is 538. The van der Waals surface area contributed by atoms with E-state index < -0.39 is 12.1 Å². The summed E-state index contributed by atoms with van der Waals surface area (Å²) in [6.45, 7) is 0.906. The predicted octanol–water partition coefficient (Wildman–Crippen LogP) is 1.05. The Balaban J connectivity index is 2.08. The monoisotopic (exact) mass is 326 g/mol. The van der Waals surface area contributed by atoms with Crippen LogP contribution in [0.3, 0.4) is 0 Å². The van der Waals surface area contributed by atoms with Gasteiger partial charge in [-0.25, -0.2) is 0 Å². The average Bonchev–Trinajstić information content (AvgIpc) is 2.52. The molecule has 0 aliphatic carbocycles. The highest BCUT2D eigenvalue weighted by molar-refractivity contribution is 6.31. The van der Waals surface area contributed by atoms with Gasteiger partial charge in [-0.2, -0.15) is 0 Å². The summed E-state index contributed by atoms with van der Waals surface area (Å²) in [5, 5.41) is 6.04. The molecule has 1 aromatic rings. The summed E-state index contributed by atoms with van der Waals surface area (Å²) < 4.78 is 10.3. The molecule has 0 bridgehead atoms. The summed E-state index contributed by atoms with van der Waals surface area (Å²) in [4.78, 5) is 23.9. The molecule has 6 nitrogen and oxygen atoms in total. The van der Waals surface area contributed by atoms with Crippen LogP contribution in [0.1, 0.15) is 18.0 Å². The van der Waals surface area contributed by atoms with Gasteiger partial charge >= 0.3 is 0 Å². The number of rotatable bonds is 6. The number of methoxy groups -OCH3 is 1. The fraction of sp³-hybridized carbons (Fsp3) is 0.467. The van der Waals surface area contributed by atoms with Crippen LogP contribution in [0, 0.1) is 0 Å². The third-order valence-corrected chi connectivity index (χ3v) is 3.68. The molecular weight excluding hydrogens is 308 g/mol. The zero-order valence-corrected chi connectivity index (χ0v) is 13.1. The first-order valence-corrected chi connectivity index (χ1v) is 7.43. The molecule has 2 atom stereocenters. The second kappa shape index (κ2) is 8.12. The van der Waals surface area contributed by atoms with Crippen molar-refractivity contribution in [3.8, 4) is 0 Å². The van der Waals surface area contributed by atoms with Gasteiger partial charge in [0.2, 0.25) is 5.91 Å². The lowest BCUT2D eigenvalue weighted by molar-refractivity contribution is -0.148. The summed E-state index contributed by atoms with van der Waals surface area (Å²) >= 11 is 6.17. The summed E-state index contributed by atoms with van der Waals surface area (Å²) in [6.07, 6.45) is -0.0990. The van der Waals surface area contributed by atoms with Crippen LogP contribution >= 0.6 is 11.6 Å². The minimum atomic E-state index is -0.805. The van der Waals surface area contributed by atoms with Crippen LogP contribution in [0.4, 0.5) is 0 Å². The maximum Gasteiger partial charge on any atom is 0.251 e. The van der Waals surface area contributed by atoms with Crippen LogP contribution in [0.15, 0.2) is 24.3 Å². The average molecular weight is 327 g/mol. The summed E-state index contributed by atoms with van der Waals surface area (Å²) in [6, 6.07) is 6.47. The van der Waals surface area contributed by atoms with E-state index >= 15 is 0 Å². The number of carbonyl (C=O) groups is 2. The number of carbonyl (C=O) groups excluding carboxylic acids is 2. The van der Waals surface area contributed by atoms with Gasteiger partial charge in [-0.05, 0) is 18.1 Å². The van der Waals surface area contributed by atoms with Crippen molar-refractivity contribution in [3.63, 3.8) is 0 Å². The topological polar surface area (TPSA) is 76.7 Å². The predicted molar refractivity (Wildman–Crippen MR) is 81.6 cm³/mol. The van der Waals surface area contributed by atoms with E-state index in [9.17, 15) is 9.59 Å². The third-order valence-electron chi connectivity index (χ3n) is 3.34. The highest BCUT2D eigenvalue weighted by Gasteiger charge is 2.36. The standard InChI is InChI=1S/C15H19ClN2O4/c1-21-8-4-7-17-15(20)14-13(18-12(19)9-22-14)10-5-2-3-6-11(10)16/h2-3,5-6,13-14H,4,7-9H2,1H3,(H,17,20)(H,18,19)/t13-,14+/m1/s1. The zero-order chi connectivity index (χ0) is 15.9. The Labute approximate surface area is 134 Å². The van der Waals surface area contributed by atoms with E-state index in [1.807, 2.05) is 0 Å². The number of nitrogens with one attached hydrogen (secondary N) is 2. The highest BCUT2D eigenvalue weighted by Crippen LogP contribution is 2.28. The number of halogens is 1. The number of amides is 2. The van der Waals surface area contributed by atoms with Gasteiger partial charge in [0.15, 0.2) is 6.10 Å². The van der Waals surface area contributed by atoms with Crippen molar-refractivity contribution in [2.75, 3.05) is 26.9 Å². The molecule has 1 aliphatic heterocycles. The molecule has 2 rings (SSSR count). The maximum absolute atomic E-state index is 12.3. The Morgan fingerprint density at radius 2 is 2.27 bits per heavy atom. The lowest BCUT2D eigenvalue weighted by Crippen LogP contribution is -2.52. The number of benzene rings is 1. The molecule has 0 unspecified atom stereocenters. The van der Waals surface area contributed by atoms with Crippen molar-refractivity contribution in [2.45, 2.75) is 18.6 Å². The van der Waals surface area contributed by atoms with Crippen LogP contribution < -0.4 is 10.6 Å². The number of hydrogen-bond acceptors (Lipinski definition) is 4. The van der Waals surface area contributed by atoms with Crippen LogP contribution in [-0.2, 0) is 19.1 Å². The minimum absolute atomic E-state index is 0.142. The fourth-order valence-electron chi connectivity index (χ4n) is 2.28. The van der Waals surface area contributed by atoms with Crippen LogP contribution in [-0.4, -0.2) is 44.8 Å². The van der Waals surface area contributed by atoms with Crippen LogP contribution in [0.5, 0.6) is 0 Å². The molecule has 0 radical (unpaired) electrons. The van der Waals surface area contributed by atoms with Gasteiger partial charge in [-0.3, -0.25) is 9.59 Å². The molecule has 120 valence electrons. The largest absolute Gasteiger partial charge is 0.385 e.